The van der Waals surface area contributed by atoms with E-state index in [0.717, 1.165) is 17.0 Å². The maximum atomic E-state index is 13.2. The van der Waals surface area contributed by atoms with E-state index in [9.17, 15) is 9.59 Å². The molecule has 0 aliphatic carbocycles. The van der Waals surface area contributed by atoms with Gasteiger partial charge in [-0.15, -0.1) is 11.3 Å². The zero-order valence-corrected chi connectivity index (χ0v) is 17.3. The normalized spacial score (nSPS) is 15.3. The van der Waals surface area contributed by atoms with Crippen molar-refractivity contribution in [1.29, 1.82) is 0 Å². The third-order valence-electron chi connectivity index (χ3n) is 4.94. The Morgan fingerprint density at radius 3 is 2.77 bits per heavy atom. The van der Waals surface area contributed by atoms with Gasteiger partial charge in [-0.2, -0.15) is 0 Å². The third kappa shape index (κ3) is 4.28. The van der Waals surface area contributed by atoms with Crippen LogP contribution in [0.3, 0.4) is 0 Å². The fraction of sp³-hybridized carbons (Fsp3) is 0.227. The number of nitrogens with one attached hydrogen (secondary N) is 2. The lowest BCUT2D eigenvalue weighted by Crippen LogP contribution is -2.43. The minimum Gasteiger partial charge on any atom is -0.497 e. The number of rotatable bonds is 7. The molecule has 3 aromatic rings. The quantitative estimate of drug-likeness (QED) is 0.598. The summed E-state index contributed by atoms with van der Waals surface area (Å²) in [6, 6.07) is 15.1. The van der Waals surface area contributed by atoms with Crippen LogP contribution in [0.1, 0.15) is 34.9 Å². The Labute approximate surface area is 178 Å². The Morgan fingerprint density at radius 1 is 1.23 bits per heavy atom. The molecule has 1 aromatic heterocycles. The number of para-hydroxylation sites is 1. The van der Waals surface area contributed by atoms with Gasteiger partial charge in [0.25, 0.3) is 5.91 Å². The summed E-state index contributed by atoms with van der Waals surface area (Å²) in [5.74, 6) is 0.598. The summed E-state index contributed by atoms with van der Waals surface area (Å²) < 4.78 is 5.25. The van der Waals surface area contributed by atoms with Gasteiger partial charge in [0.15, 0.2) is 5.13 Å². The molecular formula is C22H22N4O3S. The van der Waals surface area contributed by atoms with Crippen molar-refractivity contribution in [2.75, 3.05) is 24.3 Å². The van der Waals surface area contributed by atoms with Crippen LogP contribution in [0.25, 0.3) is 0 Å². The lowest BCUT2D eigenvalue weighted by molar-refractivity contribution is -0.116. The summed E-state index contributed by atoms with van der Waals surface area (Å²) in [6.45, 7) is 0.447. The van der Waals surface area contributed by atoms with Crippen molar-refractivity contribution in [2.45, 2.75) is 19.0 Å². The number of ether oxygens (including phenoxy) is 1. The number of amides is 2. The molecule has 0 fully saturated rings. The fourth-order valence-corrected chi connectivity index (χ4v) is 3.99. The van der Waals surface area contributed by atoms with E-state index in [4.69, 9.17) is 4.74 Å². The van der Waals surface area contributed by atoms with Gasteiger partial charge in [0, 0.05) is 30.2 Å². The van der Waals surface area contributed by atoms with Crippen LogP contribution >= 0.6 is 11.3 Å². The molecule has 0 saturated heterocycles. The average Bonchev–Trinajstić information content (AvgIpc) is 3.28. The van der Waals surface area contributed by atoms with Crippen LogP contribution in [0.4, 0.5) is 10.8 Å². The van der Waals surface area contributed by atoms with E-state index in [2.05, 4.69) is 15.6 Å². The van der Waals surface area contributed by atoms with E-state index in [0.29, 0.717) is 30.1 Å². The fourth-order valence-electron chi connectivity index (χ4n) is 3.45. The molecular weight excluding hydrogens is 400 g/mol. The molecule has 1 aliphatic heterocycles. The molecule has 0 saturated carbocycles. The van der Waals surface area contributed by atoms with Gasteiger partial charge in [0.1, 0.15) is 11.9 Å². The highest BCUT2D eigenvalue weighted by Crippen LogP contribution is 2.33. The standard InChI is InChI=1S/C22H22N4O3S/c1-29-16-10-8-15(9-11-16)20-24-18-6-3-2-5-17(18)21(28)26(20)13-4-7-19(27)25-22-23-12-14-30-22/h2-3,5-6,8-12,14,20,24H,4,7,13H2,1H3,(H,23,25,27)/t20-/m0/s1. The topological polar surface area (TPSA) is 83.6 Å². The Hall–Kier alpha value is -3.39. The second kappa shape index (κ2) is 8.96. The highest BCUT2D eigenvalue weighted by molar-refractivity contribution is 7.13. The van der Waals surface area contributed by atoms with Crippen LogP contribution in [0.2, 0.25) is 0 Å². The van der Waals surface area contributed by atoms with Gasteiger partial charge in [0.2, 0.25) is 5.91 Å². The van der Waals surface area contributed by atoms with E-state index in [-0.39, 0.29) is 18.0 Å². The Bertz CT molecular complexity index is 1020. The predicted molar refractivity (Wildman–Crippen MR) is 117 cm³/mol. The van der Waals surface area contributed by atoms with Crippen molar-refractivity contribution in [3.63, 3.8) is 0 Å². The number of carbonyl (C=O) groups excluding carboxylic acids is 2. The molecule has 1 aliphatic rings. The first-order valence-corrected chi connectivity index (χ1v) is 10.5. The molecule has 8 heteroatoms. The van der Waals surface area contributed by atoms with Crippen molar-refractivity contribution >= 4 is 34.0 Å². The Balaban J connectivity index is 1.49. The predicted octanol–water partition coefficient (Wildman–Crippen LogP) is 4.14. The number of hydrogen-bond donors (Lipinski definition) is 2. The molecule has 30 heavy (non-hydrogen) atoms. The van der Waals surface area contributed by atoms with Gasteiger partial charge in [-0.1, -0.05) is 24.3 Å². The zero-order valence-electron chi connectivity index (χ0n) is 16.5. The van der Waals surface area contributed by atoms with Crippen LogP contribution in [-0.4, -0.2) is 35.4 Å². The number of benzene rings is 2. The number of fused-ring (bicyclic) bond motifs is 1. The molecule has 0 bridgehead atoms. The highest BCUT2D eigenvalue weighted by atomic mass is 32.1. The molecule has 7 nitrogen and oxygen atoms in total. The van der Waals surface area contributed by atoms with Gasteiger partial charge in [-0.3, -0.25) is 9.59 Å². The van der Waals surface area contributed by atoms with E-state index < -0.39 is 0 Å². The number of hydrogen-bond acceptors (Lipinski definition) is 6. The van der Waals surface area contributed by atoms with Gasteiger partial charge in [-0.05, 0) is 36.2 Å². The molecule has 2 N–H and O–H groups in total. The van der Waals surface area contributed by atoms with E-state index in [1.807, 2.05) is 53.9 Å². The number of anilines is 2. The lowest BCUT2D eigenvalue weighted by Gasteiger charge is -2.38. The van der Waals surface area contributed by atoms with Crippen molar-refractivity contribution in [2.24, 2.45) is 0 Å². The second-order valence-electron chi connectivity index (χ2n) is 6.85. The molecule has 154 valence electrons. The summed E-state index contributed by atoms with van der Waals surface area (Å²) in [7, 11) is 1.62. The van der Waals surface area contributed by atoms with Gasteiger partial charge in [0.05, 0.1) is 12.7 Å². The number of methoxy groups -OCH3 is 1. The highest BCUT2D eigenvalue weighted by Gasteiger charge is 2.32. The summed E-state index contributed by atoms with van der Waals surface area (Å²) in [5, 5.41) is 8.63. The number of aromatic nitrogens is 1. The Morgan fingerprint density at radius 2 is 2.03 bits per heavy atom. The summed E-state index contributed by atoms with van der Waals surface area (Å²) >= 11 is 1.38. The van der Waals surface area contributed by atoms with E-state index in [1.54, 1.807) is 18.2 Å². The maximum Gasteiger partial charge on any atom is 0.257 e. The van der Waals surface area contributed by atoms with Crippen LogP contribution in [0.5, 0.6) is 5.75 Å². The SMILES string of the molecule is COc1ccc([C@H]2Nc3ccccc3C(=O)N2CCCC(=O)Nc2nccs2)cc1. The first-order valence-electron chi connectivity index (χ1n) is 9.65. The third-order valence-corrected chi connectivity index (χ3v) is 5.62. The molecule has 0 unspecified atom stereocenters. The number of carbonyl (C=O) groups is 2. The van der Waals surface area contributed by atoms with Crippen LogP contribution < -0.4 is 15.4 Å². The molecule has 0 spiro atoms. The molecule has 1 atom stereocenters. The van der Waals surface area contributed by atoms with Crippen molar-refractivity contribution in [3.05, 3.63) is 71.2 Å². The van der Waals surface area contributed by atoms with Crippen LogP contribution in [0, 0.1) is 0 Å². The van der Waals surface area contributed by atoms with E-state index in [1.165, 1.54) is 11.3 Å². The largest absolute Gasteiger partial charge is 0.497 e. The molecule has 2 amide bonds. The lowest BCUT2D eigenvalue weighted by atomic mass is 10.0. The van der Waals surface area contributed by atoms with Crippen molar-refractivity contribution in [1.82, 2.24) is 9.88 Å². The summed E-state index contributed by atoms with van der Waals surface area (Å²) in [6.07, 6.45) is 2.18. The maximum absolute atomic E-state index is 13.2. The minimum absolute atomic E-state index is 0.0505. The first-order chi connectivity index (χ1) is 14.7. The first kappa shape index (κ1) is 19.9. The van der Waals surface area contributed by atoms with Gasteiger partial charge in [-0.25, -0.2) is 4.98 Å². The monoisotopic (exact) mass is 422 g/mol. The van der Waals surface area contributed by atoms with Gasteiger partial charge < -0.3 is 20.3 Å². The van der Waals surface area contributed by atoms with Crippen LogP contribution in [-0.2, 0) is 4.79 Å². The van der Waals surface area contributed by atoms with Crippen molar-refractivity contribution in [3.8, 4) is 5.75 Å². The minimum atomic E-state index is -0.319. The van der Waals surface area contributed by atoms with Crippen molar-refractivity contribution < 1.29 is 14.3 Å². The zero-order chi connectivity index (χ0) is 20.9. The number of thiazole rings is 1. The summed E-state index contributed by atoms with van der Waals surface area (Å²) in [4.78, 5) is 31.2. The molecule has 4 rings (SSSR count). The molecule has 2 aromatic carbocycles. The van der Waals surface area contributed by atoms with Gasteiger partial charge >= 0.3 is 0 Å². The molecule has 0 radical (unpaired) electrons. The van der Waals surface area contributed by atoms with Crippen LogP contribution in [0.15, 0.2) is 60.1 Å². The molecule has 2 heterocycles. The smallest absolute Gasteiger partial charge is 0.257 e. The Kier molecular flexibility index (Phi) is 5.94. The number of nitrogens with zero attached hydrogens (tertiary/aromatic N) is 2. The van der Waals surface area contributed by atoms with E-state index >= 15 is 0 Å². The average molecular weight is 423 g/mol. The summed E-state index contributed by atoms with van der Waals surface area (Å²) in [5.41, 5.74) is 2.39. The second-order valence-corrected chi connectivity index (χ2v) is 7.75.